The highest BCUT2D eigenvalue weighted by molar-refractivity contribution is 5.96. The third-order valence-corrected chi connectivity index (χ3v) is 8.13. The Morgan fingerprint density at radius 1 is 1.04 bits per heavy atom. The third-order valence-electron chi connectivity index (χ3n) is 8.13. The van der Waals surface area contributed by atoms with Gasteiger partial charge in [-0.15, -0.1) is 0 Å². The minimum Gasteiger partial charge on any atom is -0.488 e. The van der Waals surface area contributed by atoms with Crippen LogP contribution in [0.5, 0.6) is 5.75 Å². The summed E-state index contributed by atoms with van der Waals surface area (Å²) in [5.74, 6) is 2.46. The lowest BCUT2D eigenvalue weighted by Gasteiger charge is -2.23. The van der Waals surface area contributed by atoms with Crippen molar-refractivity contribution >= 4 is 28.5 Å². The second kappa shape index (κ2) is 13.1. The molecule has 2 aliphatic rings. The summed E-state index contributed by atoms with van der Waals surface area (Å²) >= 11 is 0. The van der Waals surface area contributed by atoms with Gasteiger partial charge < -0.3 is 29.6 Å². The molecule has 0 spiro atoms. The Morgan fingerprint density at radius 3 is 2.56 bits per heavy atom. The van der Waals surface area contributed by atoms with Gasteiger partial charge >= 0.3 is 6.09 Å². The van der Waals surface area contributed by atoms with Gasteiger partial charge in [-0.3, -0.25) is 0 Å². The van der Waals surface area contributed by atoms with Crippen LogP contribution in [0.3, 0.4) is 0 Å². The van der Waals surface area contributed by atoms with Crippen LogP contribution in [0.2, 0.25) is 0 Å². The van der Waals surface area contributed by atoms with E-state index >= 15 is 0 Å². The van der Waals surface area contributed by atoms with Crippen molar-refractivity contribution in [3.63, 3.8) is 0 Å². The van der Waals surface area contributed by atoms with Crippen LogP contribution in [-0.2, 0) is 26.4 Å². The highest BCUT2D eigenvalue weighted by atomic mass is 16.7. The van der Waals surface area contributed by atoms with E-state index in [0.29, 0.717) is 25.6 Å². The van der Waals surface area contributed by atoms with Gasteiger partial charge in [0.15, 0.2) is 6.29 Å². The highest BCUT2D eigenvalue weighted by Gasteiger charge is 2.32. The molecule has 10 nitrogen and oxygen atoms in total. The Balaban J connectivity index is 1.29. The minimum atomic E-state index is -0.526. The Bertz CT molecular complexity index is 1620. The predicted molar refractivity (Wildman–Crippen MR) is 173 cm³/mol. The average molecular weight is 614 g/mol. The Hall–Kier alpha value is -4.15. The number of nitrogens with one attached hydrogen (secondary N) is 2. The van der Waals surface area contributed by atoms with Gasteiger partial charge in [-0.2, -0.15) is 5.10 Å². The van der Waals surface area contributed by atoms with Crippen molar-refractivity contribution in [2.75, 3.05) is 18.5 Å². The van der Waals surface area contributed by atoms with E-state index in [1.54, 1.807) is 6.20 Å². The lowest BCUT2D eigenvalue weighted by atomic mass is 10.0. The normalized spacial score (nSPS) is 18.9. The number of carbonyl (C=O) groups excluding carboxylic acids is 1. The first-order chi connectivity index (χ1) is 21.7. The van der Waals surface area contributed by atoms with Crippen LogP contribution in [0.25, 0.3) is 10.8 Å². The molecule has 1 saturated heterocycles. The zero-order chi connectivity index (χ0) is 31.6. The first kappa shape index (κ1) is 30.9. The molecule has 238 valence electrons. The number of ether oxygens (including phenoxy) is 4. The molecular formula is C35H43N5O5. The quantitative estimate of drug-likeness (QED) is 0.202. The number of nitrogens with zero attached hydrogens (tertiary/aromatic N) is 3. The van der Waals surface area contributed by atoms with Crippen molar-refractivity contribution < 1.29 is 23.7 Å². The SMILES string of the molecule is CC(C)NC(=O)O[C@@H]1CC[C@H](c2cc(Nc3nccc4c(C5OCCO5)c(OCc5ccccc5)ccc34)n(C(C)(C)C)n2)C1. The van der Waals surface area contributed by atoms with Crippen molar-refractivity contribution in [2.24, 2.45) is 0 Å². The molecule has 1 amide bonds. The molecule has 2 aromatic carbocycles. The van der Waals surface area contributed by atoms with Crippen LogP contribution in [0.4, 0.5) is 16.4 Å². The fourth-order valence-corrected chi connectivity index (χ4v) is 6.04. The number of pyridine rings is 1. The second-order valence-electron chi connectivity index (χ2n) is 13.1. The molecular weight excluding hydrogens is 570 g/mol. The molecule has 1 aliphatic carbocycles. The number of alkyl carbamates (subject to hydrolysis) is 1. The smallest absolute Gasteiger partial charge is 0.407 e. The molecule has 3 heterocycles. The van der Waals surface area contributed by atoms with Crippen molar-refractivity contribution in [1.29, 1.82) is 0 Å². The van der Waals surface area contributed by atoms with Crippen LogP contribution in [0.15, 0.2) is 60.8 Å². The Morgan fingerprint density at radius 2 is 1.82 bits per heavy atom. The molecule has 2 N–H and O–H groups in total. The molecule has 0 bridgehead atoms. The summed E-state index contributed by atoms with van der Waals surface area (Å²) in [5, 5.41) is 13.3. The topological polar surface area (TPSA) is 109 Å². The number of amides is 1. The molecule has 0 unspecified atom stereocenters. The van der Waals surface area contributed by atoms with E-state index < -0.39 is 6.29 Å². The molecule has 2 atom stereocenters. The monoisotopic (exact) mass is 613 g/mol. The summed E-state index contributed by atoms with van der Waals surface area (Å²) in [5.41, 5.74) is 2.63. The standard InChI is InChI=1S/C35H43N5O5/c1-22(2)37-34(41)45-25-12-11-24(19-25)28-20-30(40(39-28)35(3,4)5)38-32-27-13-14-29(44-21-23-9-7-6-8-10-23)31(26(27)15-16-36-32)33-42-17-18-43-33/h6-10,13-16,20,22,24-25,33H,11-12,17-19,21H2,1-5H3,(H,36,38)(H,37,41)/t24-,25+/m0/s1. The van der Waals surface area contributed by atoms with Crippen molar-refractivity contribution in [1.82, 2.24) is 20.1 Å². The highest BCUT2D eigenvalue weighted by Crippen LogP contribution is 2.41. The van der Waals surface area contributed by atoms with Gasteiger partial charge in [-0.1, -0.05) is 30.3 Å². The van der Waals surface area contributed by atoms with E-state index in [4.69, 9.17) is 29.0 Å². The van der Waals surface area contributed by atoms with Gasteiger partial charge in [0.25, 0.3) is 0 Å². The number of fused-ring (bicyclic) bond motifs is 1. The summed E-state index contributed by atoms with van der Waals surface area (Å²) in [6.07, 6.45) is 3.25. The number of rotatable bonds is 9. The van der Waals surface area contributed by atoms with E-state index in [1.807, 2.05) is 67.1 Å². The number of hydrogen-bond donors (Lipinski definition) is 2. The van der Waals surface area contributed by atoms with Gasteiger partial charge in [0.2, 0.25) is 0 Å². The van der Waals surface area contributed by atoms with Crippen LogP contribution < -0.4 is 15.4 Å². The predicted octanol–water partition coefficient (Wildman–Crippen LogP) is 7.33. The van der Waals surface area contributed by atoms with Crippen LogP contribution in [0, 0.1) is 0 Å². The summed E-state index contributed by atoms with van der Waals surface area (Å²) in [4.78, 5) is 16.9. The molecule has 10 heteroatoms. The Kier molecular flexibility index (Phi) is 8.96. The summed E-state index contributed by atoms with van der Waals surface area (Å²) in [6, 6.07) is 18.2. The third kappa shape index (κ3) is 7.07. The number of anilines is 2. The number of aromatic nitrogens is 3. The van der Waals surface area contributed by atoms with E-state index in [9.17, 15) is 4.79 Å². The molecule has 4 aromatic rings. The molecule has 1 saturated carbocycles. The molecule has 45 heavy (non-hydrogen) atoms. The fourth-order valence-electron chi connectivity index (χ4n) is 6.04. The number of hydrogen-bond acceptors (Lipinski definition) is 8. The largest absolute Gasteiger partial charge is 0.488 e. The number of carbonyl (C=O) groups is 1. The lowest BCUT2D eigenvalue weighted by Crippen LogP contribution is -2.33. The molecule has 2 aromatic heterocycles. The molecule has 1 aliphatic heterocycles. The Labute approximate surface area is 264 Å². The summed E-state index contributed by atoms with van der Waals surface area (Å²) in [6.45, 7) is 11.7. The maximum absolute atomic E-state index is 12.2. The fraction of sp³-hybridized carbons (Fsp3) is 0.457. The first-order valence-corrected chi connectivity index (χ1v) is 15.8. The zero-order valence-electron chi connectivity index (χ0n) is 26.7. The van der Waals surface area contributed by atoms with Gasteiger partial charge in [-0.05, 0) is 83.0 Å². The van der Waals surface area contributed by atoms with Gasteiger partial charge in [0.05, 0.1) is 30.0 Å². The lowest BCUT2D eigenvalue weighted by molar-refractivity contribution is -0.0447. The maximum atomic E-state index is 12.2. The van der Waals surface area contributed by atoms with E-state index in [0.717, 1.165) is 58.4 Å². The molecule has 0 radical (unpaired) electrons. The molecule has 6 rings (SSSR count). The summed E-state index contributed by atoms with van der Waals surface area (Å²) in [7, 11) is 0. The van der Waals surface area contributed by atoms with E-state index in [1.165, 1.54) is 0 Å². The molecule has 2 fully saturated rings. The number of benzene rings is 2. The van der Waals surface area contributed by atoms with Crippen molar-refractivity contribution in [3.8, 4) is 5.75 Å². The van der Waals surface area contributed by atoms with Gasteiger partial charge in [0.1, 0.15) is 30.1 Å². The van der Waals surface area contributed by atoms with E-state index in [-0.39, 0.29) is 29.7 Å². The summed E-state index contributed by atoms with van der Waals surface area (Å²) < 4.78 is 26.0. The van der Waals surface area contributed by atoms with Gasteiger partial charge in [0, 0.05) is 29.6 Å². The van der Waals surface area contributed by atoms with Gasteiger partial charge in [-0.25, -0.2) is 14.5 Å². The minimum absolute atomic E-state index is 0.0381. The van der Waals surface area contributed by atoms with Crippen LogP contribution >= 0.6 is 0 Å². The van der Waals surface area contributed by atoms with E-state index in [2.05, 4.69) is 37.5 Å². The van der Waals surface area contributed by atoms with Crippen LogP contribution in [0.1, 0.15) is 82.9 Å². The zero-order valence-corrected chi connectivity index (χ0v) is 26.7. The van der Waals surface area contributed by atoms with Crippen molar-refractivity contribution in [2.45, 2.75) is 90.4 Å². The average Bonchev–Trinajstić information content (AvgIpc) is 3.77. The first-order valence-electron chi connectivity index (χ1n) is 15.8. The second-order valence-corrected chi connectivity index (χ2v) is 13.1. The van der Waals surface area contributed by atoms with Crippen LogP contribution in [-0.4, -0.2) is 46.2 Å². The maximum Gasteiger partial charge on any atom is 0.407 e. The van der Waals surface area contributed by atoms with Crippen molar-refractivity contribution in [3.05, 3.63) is 77.6 Å².